The second-order valence-corrected chi connectivity index (χ2v) is 9.53. The molecule has 174 valence electrons. The molecular weight excluding hydrogens is 450 g/mol. The van der Waals surface area contributed by atoms with Gasteiger partial charge in [-0.1, -0.05) is 6.07 Å². The van der Waals surface area contributed by atoms with Crippen LogP contribution in [-0.2, 0) is 14.4 Å². The topological polar surface area (TPSA) is 125 Å². The standard InChI is InChI=1S/C21H29N5O4S2/c1-31-12-17(27)26-10-8-15(18(26)20(29)25-9-4-7-16(25)19(22)28)24-21(30)23-13-5-3-6-14(11-13)32-2/h3,5-6,11,15-16,18H,4,7-10,12H2,1-2H3,(H2,22,28)(H2,23,24,30). The van der Waals surface area contributed by atoms with Gasteiger partial charge in [-0.15, -0.1) is 11.8 Å². The van der Waals surface area contributed by atoms with Crippen molar-refractivity contribution >= 4 is 53.0 Å². The summed E-state index contributed by atoms with van der Waals surface area (Å²) in [7, 11) is 0. The molecule has 0 saturated carbocycles. The lowest BCUT2D eigenvalue weighted by atomic mass is 10.1. The van der Waals surface area contributed by atoms with Crippen molar-refractivity contribution in [3.05, 3.63) is 24.3 Å². The number of hydrogen-bond acceptors (Lipinski definition) is 6. The van der Waals surface area contributed by atoms with Crippen molar-refractivity contribution in [3.63, 3.8) is 0 Å². The summed E-state index contributed by atoms with van der Waals surface area (Å²) in [5.74, 6) is -0.814. The molecule has 2 saturated heterocycles. The van der Waals surface area contributed by atoms with Gasteiger partial charge < -0.3 is 26.2 Å². The predicted octanol–water partition coefficient (Wildman–Crippen LogP) is 1.34. The minimum atomic E-state index is -0.863. The third-order valence-corrected chi connectivity index (χ3v) is 7.01. The fourth-order valence-corrected chi connectivity index (χ4v) is 5.14. The zero-order valence-corrected chi connectivity index (χ0v) is 19.8. The molecule has 2 aliphatic heterocycles. The summed E-state index contributed by atoms with van der Waals surface area (Å²) < 4.78 is 0. The van der Waals surface area contributed by atoms with Gasteiger partial charge in [-0.2, -0.15) is 11.8 Å². The first kappa shape index (κ1) is 24.2. The molecule has 1 aromatic rings. The van der Waals surface area contributed by atoms with Crippen molar-refractivity contribution in [1.29, 1.82) is 0 Å². The molecule has 3 unspecified atom stereocenters. The second kappa shape index (κ2) is 11.0. The number of benzene rings is 1. The molecule has 2 aliphatic rings. The summed E-state index contributed by atoms with van der Waals surface area (Å²) in [6, 6.07) is 4.89. The lowest BCUT2D eigenvalue weighted by molar-refractivity contribution is -0.145. The van der Waals surface area contributed by atoms with Gasteiger partial charge in [0.05, 0.1) is 11.8 Å². The minimum absolute atomic E-state index is 0.164. The van der Waals surface area contributed by atoms with Gasteiger partial charge in [-0.25, -0.2) is 4.79 Å². The van der Waals surface area contributed by atoms with Crippen molar-refractivity contribution in [3.8, 4) is 0 Å². The van der Waals surface area contributed by atoms with Crippen LogP contribution in [-0.4, -0.2) is 83.0 Å². The number of thioether (sulfide) groups is 2. The van der Waals surface area contributed by atoms with Crippen molar-refractivity contribution in [2.24, 2.45) is 5.73 Å². The van der Waals surface area contributed by atoms with Crippen LogP contribution in [0.1, 0.15) is 19.3 Å². The Bertz CT molecular complexity index is 884. The largest absolute Gasteiger partial charge is 0.368 e. The molecule has 0 radical (unpaired) electrons. The average Bonchev–Trinajstić information content (AvgIpc) is 3.41. The first-order valence-electron chi connectivity index (χ1n) is 10.5. The van der Waals surface area contributed by atoms with E-state index in [9.17, 15) is 19.2 Å². The van der Waals surface area contributed by atoms with Gasteiger partial charge in [-0.3, -0.25) is 14.4 Å². The Balaban J connectivity index is 1.76. The Hall–Kier alpha value is -2.40. The van der Waals surface area contributed by atoms with Gasteiger partial charge >= 0.3 is 6.03 Å². The third-order valence-electron chi connectivity index (χ3n) is 5.75. The van der Waals surface area contributed by atoms with Gasteiger partial charge in [0, 0.05) is 23.7 Å². The van der Waals surface area contributed by atoms with Crippen LogP contribution in [0.2, 0.25) is 0 Å². The summed E-state index contributed by atoms with van der Waals surface area (Å²) in [5, 5.41) is 5.67. The Labute approximate surface area is 196 Å². The second-order valence-electron chi connectivity index (χ2n) is 7.78. The van der Waals surface area contributed by atoms with E-state index in [1.54, 1.807) is 17.8 Å². The molecular formula is C21H29N5O4S2. The van der Waals surface area contributed by atoms with Crippen LogP contribution in [0.5, 0.6) is 0 Å². The van der Waals surface area contributed by atoms with E-state index in [0.29, 0.717) is 38.0 Å². The van der Waals surface area contributed by atoms with Gasteiger partial charge in [0.15, 0.2) is 0 Å². The van der Waals surface area contributed by atoms with E-state index in [4.69, 9.17) is 5.73 Å². The Morgan fingerprint density at radius 3 is 2.59 bits per heavy atom. The summed E-state index contributed by atoms with van der Waals surface area (Å²) in [6.45, 7) is 0.770. The fraction of sp³-hybridized carbons (Fsp3) is 0.524. The highest BCUT2D eigenvalue weighted by Gasteiger charge is 2.46. The molecule has 32 heavy (non-hydrogen) atoms. The summed E-state index contributed by atoms with van der Waals surface area (Å²) in [4.78, 5) is 54.7. The molecule has 11 heteroatoms. The van der Waals surface area contributed by atoms with Gasteiger partial charge in [0.25, 0.3) is 0 Å². The molecule has 1 aromatic carbocycles. The smallest absolute Gasteiger partial charge is 0.319 e. The molecule has 0 aliphatic carbocycles. The number of amides is 5. The SMILES string of the molecule is CSCC(=O)N1CCC(NC(=O)Nc2cccc(SC)c2)C1C(=O)N1CCCC1C(N)=O. The number of urea groups is 1. The highest BCUT2D eigenvalue weighted by Crippen LogP contribution is 2.26. The maximum atomic E-state index is 13.5. The quantitative estimate of drug-likeness (QED) is 0.507. The number of carbonyl (C=O) groups excluding carboxylic acids is 4. The van der Waals surface area contributed by atoms with Crippen LogP contribution >= 0.6 is 23.5 Å². The fourth-order valence-electron chi connectivity index (χ4n) is 4.27. The van der Waals surface area contributed by atoms with E-state index in [0.717, 1.165) is 4.90 Å². The third kappa shape index (κ3) is 5.50. The van der Waals surface area contributed by atoms with Crippen LogP contribution < -0.4 is 16.4 Å². The number of nitrogens with zero attached hydrogens (tertiary/aromatic N) is 2. The first-order chi connectivity index (χ1) is 15.3. The number of carbonyl (C=O) groups is 4. The zero-order chi connectivity index (χ0) is 23.3. The first-order valence-corrected chi connectivity index (χ1v) is 13.1. The van der Waals surface area contributed by atoms with Gasteiger partial charge in [0.2, 0.25) is 17.7 Å². The number of nitrogens with two attached hydrogens (primary N) is 1. The van der Waals surface area contributed by atoms with Crippen LogP contribution in [0.3, 0.4) is 0 Å². The van der Waals surface area contributed by atoms with Crippen LogP contribution in [0.4, 0.5) is 10.5 Å². The Morgan fingerprint density at radius 2 is 1.91 bits per heavy atom. The number of rotatable bonds is 7. The molecule has 2 fully saturated rings. The Morgan fingerprint density at radius 1 is 1.12 bits per heavy atom. The molecule has 2 heterocycles. The molecule has 3 atom stereocenters. The summed E-state index contributed by atoms with van der Waals surface area (Å²) in [6.07, 6.45) is 5.40. The Kier molecular flexibility index (Phi) is 8.30. The predicted molar refractivity (Wildman–Crippen MR) is 127 cm³/mol. The average molecular weight is 480 g/mol. The van der Waals surface area contributed by atoms with Crippen LogP contribution in [0.25, 0.3) is 0 Å². The van der Waals surface area contributed by atoms with Crippen molar-refractivity contribution in [2.75, 3.05) is 36.7 Å². The summed E-state index contributed by atoms with van der Waals surface area (Å²) in [5.41, 5.74) is 6.13. The van der Waals surface area contributed by atoms with Crippen molar-refractivity contribution in [2.45, 2.75) is 42.3 Å². The number of anilines is 1. The van der Waals surface area contributed by atoms with Gasteiger partial charge in [0.1, 0.15) is 12.1 Å². The molecule has 5 amide bonds. The number of hydrogen-bond donors (Lipinski definition) is 3. The van der Waals surface area contributed by atoms with E-state index in [1.165, 1.54) is 21.6 Å². The van der Waals surface area contributed by atoms with Crippen molar-refractivity contribution < 1.29 is 19.2 Å². The molecule has 0 spiro atoms. The monoisotopic (exact) mass is 479 g/mol. The zero-order valence-electron chi connectivity index (χ0n) is 18.2. The van der Waals surface area contributed by atoms with E-state index < -0.39 is 30.1 Å². The molecule has 0 bridgehead atoms. The van der Waals surface area contributed by atoms with E-state index >= 15 is 0 Å². The van der Waals surface area contributed by atoms with Crippen LogP contribution in [0, 0.1) is 0 Å². The minimum Gasteiger partial charge on any atom is -0.368 e. The molecule has 0 aromatic heterocycles. The molecule has 9 nitrogen and oxygen atoms in total. The summed E-state index contributed by atoms with van der Waals surface area (Å²) >= 11 is 2.94. The highest BCUT2D eigenvalue weighted by molar-refractivity contribution is 7.99. The normalized spacial score (nSPS) is 22.6. The van der Waals surface area contributed by atoms with Crippen molar-refractivity contribution in [1.82, 2.24) is 15.1 Å². The van der Waals surface area contributed by atoms with E-state index in [1.807, 2.05) is 30.7 Å². The van der Waals surface area contributed by atoms with Crippen LogP contribution in [0.15, 0.2) is 29.2 Å². The maximum Gasteiger partial charge on any atom is 0.319 e. The number of primary amides is 1. The van der Waals surface area contributed by atoms with E-state index in [-0.39, 0.29) is 17.6 Å². The number of likely N-dealkylation sites (tertiary alicyclic amines) is 2. The lowest BCUT2D eigenvalue weighted by Crippen LogP contribution is -2.58. The van der Waals surface area contributed by atoms with E-state index in [2.05, 4.69) is 10.6 Å². The molecule has 3 rings (SSSR count). The number of nitrogens with one attached hydrogen (secondary N) is 2. The maximum absolute atomic E-state index is 13.5. The lowest BCUT2D eigenvalue weighted by Gasteiger charge is -2.33. The van der Waals surface area contributed by atoms with Gasteiger partial charge in [-0.05, 0) is 50.0 Å². The highest BCUT2D eigenvalue weighted by atomic mass is 32.2. The molecule has 4 N–H and O–H groups in total.